The molecule has 14 heavy (non-hydrogen) atoms. The summed E-state index contributed by atoms with van der Waals surface area (Å²) < 4.78 is 4.97. The molecule has 0 heterocycles. The minimum Gasteiger partial charge on any atom is -0.495 e. The van der Waals surface area contributed by atoms with Gasteiger partial charge in [0.15, 0.2) is 0 Å². The van der Waals surface area contributed by atoms with E-state index in [1.807, 2.05) is 0 Å². The number of hydrogen-bond acceptors (Lipinski definition) is 3. The van der Waals surface area contributed by atoms with Crippen molar-refractivity contribution in [2.45, 2.75) is 0 Å². The van der Waals surface area contributed by atoms with Gasteiger partial charge in [0.2, 0.25) is 5.91 Å². The Labute approximate surface area is 92.8 Å². The van der Waals surface area contributed by atoms with Crippen LogP contribution in [0.4, 0.5) is 5.69 Å². The highest BCUT2D eigenvalue weighted by Gasteiger charge is 2.03. The summed E-state index contributed by atoms with van der Waals surface area (Å²) in [7, 11) is 1.53. The van der Waals surface area contributed by atoms with Crippen molar-refractivity contribution in [3.8, 4) is 5.75 Å². The summed E-state index contributed by atoms with van der Waals surface area (Å²) in [5.41, 5.74) is 0.634. The quantitative estimate of drug-likeness (QED) is 0.783. The van der Waals surface area contributed by atoms with E-state index < -0.39 is 0 Å². The van der Waals surface area contributed by atoms with Gasteiger partial charge in [0.25, 0.3) is 0 Å². The summed E-state index contributed by atoms with van der Waals surface area (Å²) in [5, 5.41) is 3.09. The van der Waals surface area contributed by atoms with Crippen LogP contribution in [-0.2, 0) is 4.79 Å². The molecule has 5 heteroatoms. The molecule has 0 spiro atoms. The molecule has 0 unspecified atom stereocenters. The van der Waals surface area contributed by atoms with Crippen LogP contribution >= 0.6 is 24.2 Å². The molecule has 1 rings (SSSR count). The van der Waals surface area contributed by atoms with Crippen LogP contribution in [0.5, 0.6) is 5.75 Å². The normalized spacial score (nSPS) is 9.64. The van der Waals surface area contributed by atoms with Gasteiger partial charge in [-0.05, 0) is 18.2 Å². The molecule has 76 valence electrons. The van der Waals surface area contributed by atoms with Crippen molar-refractivity contribution in [3.63, 3.8) is 0 Å². The van der Waals surface area contributed by atoms with Crippen LogP contribution in [0.25, 0.3) is 0 Å². The van der Waals surface area contributed by atoms with Crippen molar-refractivity contribution in [1.82, 2.24) is 0 Å². The fourth-order valence-electron chi connectivity index (χ4n) is 0.945. The molecule has 0 fully saturated rings. The van der Waals surface area contributed by atoms with Gasteiger partial charge in [-0.15, -0.1) is 0 Å². The van der Waals surface area contributed by atoms with E-state index in [0.29, 0.717) is 16.5 Å². The molecule has 0 atom stereocenters. The van der Waals surface area contributed by atoms with Crippen molar-refractivity contribution in [2.24, 2.45) is 0 Å². The fourth-order valence-corrected chi connectivity index (χ4v) is 1.28. The van der Waals surface area contributed by atoms with Crippen molar-refractivity contribution >= 4 is 35.8 Å². The smallest absolute Gasteiger partial charge is 0.234 e. The Morgan fingerprint density at radius 1 is 1.64 bits per heavy atom. The van der Waals surface area contributed by atoms with Gasteiger partial charge in [0, 0.05) is 5.69 Å². The lowest BCUT2D eigenvalue weighted by Gasteiger charge is -2.06. The van der Waals surface area contributed by atoms with Crippen LogP contribution in [0.15, 0.2) is 18.2 Å². The first-order valence-corrected chi connectivity index (χ1v) is 4.92. The first-order chi connectivity index (χ1) is 6.67. The Morgan fingerprint density at radius 2 is 2.36 bits per heavy atom. The number of hydrogen-bond donors (Lipinski definition) is 2. The molecule has 0 saturated carbocycles. The lowest BCUT2D eigenvalue weighted by atomic mass is 10.3. The maximum absolute atomic E-state index is 11.0. The topological polar surface area (TPSA) is 38.3 Å². The molecule has 0 aliphatic rings. The number of carbonyl (C=O) groups is 1. The lowest BCUT2D eigenvalue weighted by molar-refractivity contribution is -0.113. The van der Waals surface area contributed by atoms with E-state index >= 15 is 0 Å². The Morgan fingerprint density at radius 3 is 2.86 bits per heavy atom. The first-order valence-electron chi connectivity index (χ1n) is 3.91. The number of halogens is 1. The molecule has 1 amide bonds. The van der Waals surface area contributed by atoms with E-state index in [0.717, 1.165) is 0 Å². The molecular weight excluding hydrogens is 222 g/mol. The zero-order chi connectivity index (χ0) is 10.6. The highest BCUT2D eigenvalue weighted by molar-refractivity contribution is 7.81. The summed E-state index contributed by atoms with van der Waals surface area (Å²) in [6.07, 6.45) is 0. The molecule has 0 bridgehead atoms. The van der Waals surface area contributed by atoms with Crippen LogP contribution in [0.1, 0.15) is 0 Å². The van der Waals surface area contributed by atoms with Crippen molar-refractivity contribution in [3.05, 3.63) is 23.2 Å². The molecule has 1 N–H and O–H groups in total. The number of carbonyl (C=O) groups excluding carboxylic acids is 1. The third-order valence-corrected chi connectivity index (χ3v) is 2.16. The number of thiol groups is 1. The van der Waals surface area contributed by atoms with Crippen LogP contribution in [0.3, 0.4) is 0 Å². The van der Waals surface area contributed by atoms with E-state index in [1.54, 1.807) is 18.2 Å². The van der Waals surface area contributed by atoms with Gasteiger partial charge in [-0.3, -0.25) is 4.79 Å². The van der Waals surface area contributed by atoms with Gasteiger partial charge in [-0.1, -0.05) is 11.6 Å². The van der Waals surface area contributed by atoms with Crippen LogP contribution in [0, 0.1) is 0 Å². The minimum absolute atomic E-state index is 0.143. The van der Waals surface area contributed by atoms with Crippen molar-refractivity contribution in [1.29, 1.82) is 0 Å². The van der Waals surface area contributed by atoms with Gasteiger partial charge in [-0.2, -0.15) is 12.6 Å². The van der Waals surface area contributed by atoms with Gasteiger partial charge in [0.1, 0.15) is 5.75 Å². The van der Waals surface area contributed by atoms with Gasteiger partial charge < -0.3 is 10.1 Å². The summed E-state index contributed by atoms with van der Waals surface area (Å²) in [6, 6.07) is 5.03. The van der Waals surface area contributed by atoms with E-state index in [9.17, 15) is 4.79 Å². The predicted molar refractivity (Wildman–Crippen MR) is 60.5 cm³/mol. The highest BCUT2D eigenvalue weighted by Crippen LogP contribution is 2.27. The molecule has 0 radical (unpaired) electrons. The standard InChI is InChI=1S/C9H10ClNO2S/c1-13-8-3-2-6(4-7(8)10)11-9(12)5-14/h2-4,14H,5H2,1H3,(H,11,12). The Balaban J connectivity index is 2.81. The predicted octanol–water partition coefficient (Wildman–Crippen LogP) is 2.22. The number of amides is 1. The Bertz CT molecular complexity index is 344. The second-order valence-electron chi connectivity index (χ2n) is 2.56. The van der Waals surface area contributed by atoms with Crippen LogP contribution in [0.2, 0.25) is 5.02 Å². The van der Waals surface area contributed by atoms with E-state index in [1.165, 1.54) is 7.11 Å². The molecule has 0 aliphatic carbocycles. The van der Waals surface area contributed by atoms with E-state index in [-0.39, 0.29) is 11.7 Å². The average molecular weight is 232 g/mol. The second-order valence-corrected chi connectivity index (χ2v) is 3.28. The SMILES string of the molecule is COc1ccc(NC(=O)CS)cc1Cl. The van der Waals surface area contributed by atoms with Gasteiger partial charge in [0.05, 0.1) is 17.9 Å². The van der Waals surface area contributed by atoms with Crippen LogP contribution < -0.4 is 10.1 Å². The number of rotatable bonds is 3. The third kappa shape index (κ3) is 2.82. The van der Waals surface area contributed by atoms with Crippen molar-refractivity contribution in [2.75, 3.05) is 18.2 Å². The maximum atomic E-state index is 11.0. The van der Waals surface area contributed by atoms with E-state index in [4.69, 9.17) is 16.3 Å². The van der Waals surface area contributed by atoms with Gasteiger partial charge in [-0.25, -0.2) is 0 Å². The lowest BCUT2D eigenvalue weighted by Crippen LogP contribution is -2.12. The Hall–Kier alpha value is -0.870. The monoisotopic (exact) mass is 231 g/mol. The zero-order valence-electron chi connectivity index (χ0n) is 7.58. The van der Waals surface area contributed by atoms with Crippen molar-refractivity contribution < 1.29 is 9.53 Å². The Kier molecular flexibility index (Phi) is 4.10. The molecule has 1 aromatic carbocycles. The zero-order valence-corrected chi connectivity index (χ0v) is 9.23. The summed E-state index contributed by atoms with van der Waals surface area (Å²) in [4.78, 5) is 11.0. The molecule has 3 nitrogen and oxygen atoms in total. The number of methoxy groups -OCH3 is 1. The summed E-state index contributed by atoms with van der Waals surface area (Å²) in [5.74, 6) is 0.550. The first kappa shape index (κ1) is 11.2. The molecule has 1 aromatic rings. The summed E-state index contributed by atoms with van der Waals surface area (Å²) >= 11 is 9.70. The minimum atomic E-state index is -0.172. The third-order valence-electron chi connectivity index (χ3n) is 1.58. The number of benzene rings is 1. The molecule has 0 aromatic heterocycles. The molecular formula is C9H10ClNO2S. The summed E-state index contributed by atoms with van der Waals surface area (Å²) in [6.45, 7) is 0. The van der Waals surface area contributed by atoms with Gasteiger partial charge >= 0.3 is 0 Å². The van der Waals surface area contributed by atoms with Crippen LogP contribution in [-0.4, -0.2) is 18.8 Å². The molecule has 0 aliphatic heterocycles. The number of ether oxygens (including phenoxy) is 1. The number of anilines is 1. The number of nitrogens with one attached hydrogen (secondary N) is 1. The fraction of sp³-hybridized carbons (Fsp3) is 0.222. The highest BCUT2D eigenvalue weighted by atomic mass is 35.5. The second kappa shape index (κ2) is 5.12. The average Bonchev–Trinajstić information content (AvgIpc) is 2.18. The maximum Gasteiger partial charge on any atom is 0.234 e. The van der Waals surface area contributed by atoms with E-state index in [2.05, 4.69) is 17.9 Å². The molecule has 0 saturated heterocycles. The largest absolute Gasteiger partial charge is 0.495 e.